The van der Waals surface area contributed by atoms with Crippen molar-refractivity contribution in [1.29, 1.82) is 0 Å². The zero-order valence-corrected chi connectivity index (χ0v) is 16.5. The van der Waals surface area contributed by atoms with Gasteiger partial charge in [-0.1, -0.05) is 29.8 Å². The lowest BCUT2D eigenvalue weighted by atomic mass is 9.82. The van der Waals surface area contributed by atoms with Crippen molar-refractivity contribution in [3.63, 3.8) is 0 Å². The van der Waals surface area contributed by atoms with Crippen LogP contribution in [0.15, 0.2) is 48.2 Å². The molecular formula is C22H29N3O2. The van der Waals surface area contributed by atoms with Gasteiger partial charge in [0.2, 0.25) is 0 Å². The fraction of sp³-hybridized carbons (Fsp3) is 0.500. The topological polar surface area (TPSA) is 39.5 Å². The van der Waals surface area contributed by atoms with Gasteiger partial charge in [0.15, 0.2) is 6.29 Å². The van der Waals surface area contributed by atoms with E-state index >= 15 is 0 Å². The molecule has 1 spiro atoms. The molecule has 1 aromatic heterocycles. The lowest BCUT2D eigenvalue weighted by Crippen LogP contribution is -2.49. The number of benzene rings is 1. The van der Waals surface area contributed by atoms with Crippen molar-refractivity contribution in [2.75, 3.05) is 26.7 Å². The van der Waals surface area contributed by atoms with Crippen molar-refractivity contribution in [3.05, 3.63) is 59.4 Å². The highest BCUT2D eigenvalue weighted by Crippen LogP contribution is 2.43. The van der Waals surface area contributed by atoms with Crippen molar-refractivity contribution in [2.24, 2.45) is 0 Å². The highest BCUT2D eigenvalue weighted by atomic mass is 16.7. The predicted molar refractivity (Wildman–Crippen MR) is 106 cm³/mol. The van der Waals surface area contributed by atoms with Gasteiger partial charge in [0.05, 0.1) is 17.6 Å². The van der Waals surface area contributed by atoms with Gasteiger partial charge in [-0.2, -0.15) is 5.10 Å². The first-order valence-corrected chi connectivity index (χ1v) is 9.80. The van der Waals surface area contributed by atoms with Gasteiger partial charge in [-0.05, 0) is 38.8 Å². The average molecular weight is 367 g/mol. The largest absolute Gasteiger partial charge is 0.355 e. The summed E-state index contributed by atoms with van der Waals surface area (Å²) >= 11 is 0. The molecular weight excluding hydrogens is 338 g/mol. The Labute approximate surface area is 161 Å². The summed E-state index contributed by atoms with van der Waals surface area (Å²) in [5.41, 5.74) is 4.63. The molecule has 3 heterocycles. The van der Waals surface area contributed by atoms with E-state index in [1.54, 1.807) is 7.11 Å². The summed E-state index contributed by atoms with van der Waals surface area (Å²) in [6, 6.07) is 10.3. The van der Waals surface area contributed by atoms with Crippen LogP contribution in [0.4, 0.5) is 0 Å². The van der Waals surface area contributed by atoms with E-state index in [1.807, 2.05) is 24.4 Å². The Kier molecular flexibility index (Phi) is 5.17. The second-order valence-electron chi connectivity index (χ2n) is 7.82. The van der Waals surface area contributed by atoms with Crippen LogP contribution in [0.1, 0.15) is 37.9 Å². The van der Waals surface area contributed by atoms with Crippen molar-refractivity contribution in [2.45, 2.75) is 45.0 Å². The molecule has 4 rings (SSSR count). The number of likely N-dealkylation sites (tertiary alicyclic amines) is 1. The van der Waals surface area contributed by atoms with E-state index in [0.717, 1.165) is 44.6 Å². The summed E-state index contributed by atoms with van der Waals surface area (Å²) in [6.07, 6.45) is 6.76. The second-order valence-corrected chi connectivity index (χ2v) is 7.82. The number of fused-ring (bicyclic) bond motifs is 2. The number of nitrogens with zero attached hydrogens (tertiary/aromatic N) is 3. The molecule has 5 nitrogen and oxygen atoms in total. The Morgan fingerprint density at radius 1 is 1.26 bits per heavy atom. The Morgan fingerprint density at radius 3 is 2.67 bits per heavy atom. The summed E-state index contributed by atoms with van der Waals surface area (Å²) in [4.78, 5) is 2.50. The Balaban J connectivity index is 1.63. The number of hydrogen-bond acceptors (Lipinski definition) is 4. The van der Waals surface area contributed by atoms with Crippen LogP contribution in [-0.2, 0) is 21.5 Å². The molecule has 27 heavy (non-hydrogen) atoms. The molecule has 0 bridgehead atoms. The first-order valence-electron chi connectivity index (χ1n) is 9.80. The minimum Gasteiger partial charge on any atom is -0.355 e. The highest BCUT2D eigenvalue weighted by Gasteiger charge is 2.45. The van der Waals surface area contributed by atoms with Gasteiger partial charge in [0.25, 0.3) is 0 Å². The molecule has 0 radical (unpaired) electrons. The van der Waals surface area contributed by atoms with Crippen LogP contribution in [0, 0.1) is 0 Å². The van der Waals surface area contributed by atoms with Crippen LogP contribution in [-0.4, -0.2) is 47.7 Å². The molecule has 0 saturated carbocycles. The lowest BCUT2D eigenvalue weighted by Gasteiger charge is -2.45. The number of aromatic nitrogens is 2. The van der Waals surface area contributed by atoms with Crippen molar-refractivity contribution >= 4 is 0 Å². The van der Waals surface area contributed by atoms with Crippen molar-refractivity contribution < 1.29 is 9.47 Å². The first-order chi connectivity index (χ1) is 13.1. The van der Waals surface area contributed by atoms with Gasteiger partial charge in [0.1, 0.15) is 5.60 Å². The van der Waals surface area contributed by atoms with E-state index in [2.05, 4.69) is 41.6 Å². The van der Waals surface area contributed by atoms with Gasteiger partial charge in [-0.3, -0.25) is 4.90 Å². The second kappa shape index (κ2) is 7.58. The number of methoxy groups -OCH3 is 1. The third-order valence-electron chi connectivity index (χ3n) is 5.76. The molecule has 2 aromatic rings. The van der Waals surface area contributed by atoms with Crippen molar-refractivity contribution in [3.8, 4) is 5.69 Å². The molecule has 1 unspecified atom stereocenters. The number of piperidine rings is 1. The van der Waals surface area contributed by atoms with Crippen LogP contribution in [0.25, 0.3) is 5.69 Å². The van der Waals surface area contributed by atoms with E-state index in [4.69, 9.17) is 14.6 Å². The molecule has 2 aliphatic heterocycles. The molecule has 0 aliphatic carbocycles. The van der Waals surface area contributed by atoms with E-state index in [1.165, 1.54) is 16.8 Å². The minimum atomic E-state index is -0.289. The van der Waals surface area contributed by atoms with Crippen LogP contribution < -0.4 is 0 Å². The maximum atomic E-state index is 6.50. The maximum Gasteiger partial charge on any atom is 0.163 e. The zero-order chi connectivity index (χ0) is 18.9. The smallest absolute Gasteiger partial charge is 0.163 e. The Morgan fingerprint density at radius 2 is 2.00 bits per heavy atom. The van der Waals surface area contributed by atoms with Crippen LogP contribution in [0.5, 0.6) is 0 Å². The summed E-state index contributed by atoms with van der Waals surface area (Å²) in [7, 11) is 1.73. The SMILES string of the molecule is COC1Cc2c(cnn2-c2ccccc2)C2(CCN(CC=C(C)C)CC2)O1. The van der Waals surface area contributed by atoms with Gasteiger partial charge in [0, 0.05) is 38.7 Å². The van der Waals surface area contributed by atoms with Crippen molar-refractivity contribution in [1.82, 2.24) is 14.7 Å². The maximum absolute atomic E-state index is 6.50. The fourth-order valence-corrected chi connectivity index (χ4v) is 4.18. The zero-order valence-electron chi connectivity index (χ0n) is 16.5. The summed E-state index contributed by atoms with van der Waals surface area (Å²) in [5.74, 6) is 0. The Hall–Kier alpha value is -1.95. The standard InChI is InChI=1S/C22H29N3O2/c1-17(2)9-12-24-13-10-22(11-14-24)19-16-23-25(18-7-5-4-6-8-18)20(19)15-21(26-3)27-22/h4-9,16,21H,10-15H2,1-3H3. The molecule has 144 valence electrons. The molecule has 1 aromatic carbocycles. The van der Waals surface area contributed by atoms with Gasteiger partial charge >= 0.3 is 0 Å². The number of hydrogen-bond donors (Lipinski definition) is 0. The third-order valence-corrected chi connectivity index (χ3v) is 5.76. The lowest BCUT2D eigenvalue weighted by molar-refractivity contribution is -0.227. The van der Waals surface area contributed by atoms with Gasteiger partial charge < -0.3 is 9.47 Å². The predicted octanol–water partition coefficient (Wildman–Crippen LogP) is 3.67. The fourth-order valence-electron chi connectivity index (χ4n) is 4.18. The highest BCUT2D eigenvalue weighted by molar-refractivity contribution is 5.38. The summed E-state index contributed by atoms with van der Waals surface area (Å²) in [5, 5.41) is 4.72. The molecule has 5 heteroatoms. The average Bonchev–Trinajstić information content (AvgIpc) is 3.13. The number of ether oxygens (including phenoxy) is 2. The molecule has 2 aliphatic rings. The van der Waals surface area contributed by atoms with E-state index in [9.17, 15) is 0 Å². The van der Waals surface area contributed by atoms with E-state index in [-0.39, 0.29) is 11.9 Å². The number of para-hydroxylation sites is 1. The van der Waals surface area contributed by atoms with E-state index in [0.29, 0.717) is 0 Å². The minimum absolute atomic E-state index is 0.221. The van der Waals surface area contributed by atoms with Gasteiger partial charge in [-0.15, -0.1) is 0 Å². The number of allylic oxidation sites excluding steroid dienone is 1. The van der Waals surface area contributed by atoms with E-state index < -0.39 is 0 Å². The van der Waals surface area contributed by atoms with Crippen LogP contribution >= 0.6 is 0 Å². The summed E-state index contributed by atoms with van der Waals surface area (Å²) in [6.45, 7) is 7.38. The molecule has 0 N–H and O–H groups in total. The quantitative estimate of drug-likeness (QED) is 0.773. The third kappa shape index (κ3) is 3.59. The van der Waals surface area contributed by atoms with Gasteiger partial charge in [-0.25, -0.2) is 4.68 Å². The first kappa shape index (κ1) is 18.4. The normalized spacial score (nSPS) is 21.8. The van der Waals surface area contributed by atoms with Crippen LogP contribution in [0.3, 0.4) is 0 Å². The number of rotatable bonds is 4. The monoisotopic (exact) mass is 367 g/mol. The molecule has 1 atom stereocenters. The molecule has 1 saturated heterocycles. The Bertz CT molecular complexity index is 800. The van der Waals surface area contributed by atoms with Crippen LogP contribution in [0.2, 0.25) is 0 Å². The molecule has 0 amide bonds. The molecule has 1 fully saturated rings. The summed E-state index contributed by atoms with van der Waals surface area (Å²) < 4.78 is 14.2.